The molecule has 3 fully saturated rings. The molecule has 1 aromatic carbocycles. The van der Waals surface area contributed by atoms with Crippen LogP contribution in [0, 0.1) is 23.6 Å². The first-order valence-electron chi connectivity index (χ1n) is 12.1. The van der Waals surface area contributed by atoms with Crippen LogP contribution in [0.25, 0.3) is 0 Å². The maximum Gasteiger partial charge on any atom is 0.130 e. The highest BCUT2D eigenvalue weighted by atomic mass is 19.1. The molecule has 3 aliphatic rings. The van der Waals surface area contributed by atoms with Gasteiger partial charge in [-0.15, -0.1) is 0 Å². The van der Waals surface area contributed by atoms with Gasteiger partial charge >= 0.3 is 0 Å². The summed E-state index contributed by atoms with van der Waals surface area (Å²) in [5.74, 6) is 3.84. The molecule has 0 aliphatic heterocycles. The minimum absolute atomic E-state index is 0.0544. The third-order valence-electron chi connectivity index (χ3n) is 7.71. The van der Waals surface area contributed by atoms with Gasteiger partial charge in [-0.3, -0.25) is 0 Å². The molecule has 3 saturated carbocycles. The van der Waals surface area contributed by atoms with E-state index in [-0.39, 0.29) is 5.82 Å². The van der Waals surface area contributed by atoms with Crippen LogP contribution in [-0.4, -0.2) is 6.61 Å². The molecular formula is C27H39FO. The molecule has 4 rings (SSSR count). The molecule has 0 amide bonds. The maximum atomic E-state index is 15.0. The van der Waals surface area contributed by atoms with Gasteiger partial charge in [-0.05, 0) is 105 Å². The lowest BCUT2D eigenvalue weighted by Gasteiger charge is -2.28. The van der Waals surface area contributed by atoms with Gasteiger partial charge < -0.3 is 4.74 Å². The second-order valence-electron chi connectivity index (χ2n) is 10.4. The second-order valence-corrected chi connectivity index (χ2v) is 10.4. The summed E-state index contributed by atoms with van der Waals surface area (Å²) >= 11 is 0. The quantitative estimate of drug-likeness (QED) is 0.317. The minimum Gasteiger partial charge on any atom is -0.493 e. The van der Waals surface area contributed by atoms with Crippen LogP contribution >= 0.6 is 0 Å². The Kier molecular flexibility index (Phi) is 6.66. The predicted molar refractivity (Wildman–Crippen MR) is 119 cm³/mol. The Morgan fingerprint density at radius 3 is 2.59 bits per heavy atom. The smallest absolute Gasteiger partial charge is 0.130 e. The third-order valence-corrected chi connectivity index (χ3v) is 7.71. The van der Waals surface area contributed by atoms with E-state index < -0.39 is 0 Å². The van der Waals surface area contributed by atoms with Gasteiger partial charge in [0.1, 0.15) is 11.6 Å². The molecule has 3 atom stereocenters. The summed E-state index contributed by atoms with van der Waals surface area (Å²) in [5, 5.41) is 0. The highest BCUT2D eigenvalue weighted by Gasteiger charge is 2.31. The molecule has 0 heterocycles. The molecule has 0 bridgehead atoms. The minimum atomic E-state index is -0.0544. The van der Waals surface area contributed by atoms with Crippen LogP contribution in [0.3, 0.4) is 0 Å². The Labute approximate surface area is 177 Å². The highest BCUT2D eigenvalue weighted by Crippen LogP contribution is 2.47. The third kappa shape index (κ3) is 5.25. The summed E-state index contributed by atoms with van der Waals surface area (Å²) in [6.45, 7) is 9.49. The lowest BCUT2D eigenvalue weighted by atomic mass is 9.78. The zero-order valence-electron chi connectivity index (χ0n) is 18.5. The van der Waals surface area contributed by atoms with E-state index in [9.17, 15) is 0 Å². The van der Waals surface area contributed by atoms with Gasteiger partial charge in [-0.1, -0.05) is 38.8 Å². The van der Waals surface area contributed by atoms with E-state index >= 15 is 4.39 Å². The molecule has 0 N–H and O–H groups in total. The first-order chi connectivity index (χ1) is 14.0. The average molecular weight is 399 g/mol. The number of ether oxygens (including phenoxy) is 1. The zero-order valence-corrected chi connectivity index (χ0v) is 18.5. The van der Waals surface area contributed by atoms with Crippen molar-refractivity contribution in [3.63, 3.8) is 0 Å². The van der Waals surface area contributed by atoms with E-state index in [0.29, 0.717) is 24.4 Å². The van der Waals surface area contributed by atoms with Crippen molar-refractivity contribution in [3.8, 4) is 5.75 Å². The lowest BCUT2D eigenvalue weighted by Crippen LogP contribution is -2.16. The Hall–Kier alpha value is -1.31. The average Bonchev–Trinajstić information content (AvgIpc) is 3.37. The van der Waals surface area contributed by atoms with Gasteiger partial charge in [0.05, 0.1) is 6.61 Å². The van der Waals surface area contributed by atoms with Crippen LogP contribution in [0.1, 0.15) is 107 Å². The van der Waals surface area contributed by atoms with Gasteiger partial charge in [0.25, 0.3) is 0 Å². The van der Waals surface area contributed by atoms with Crippen molar-refractivity contribution in [3.05, 3.63) is 41.2 Å². The van der Waals surface area contributed by atoms with Crippen molar-refractivity contribution in [2.75, 3.05) is 6.61 Å². The zero-order chi connectivity index (χ0) is 20.4. The first kappa shape index (κ1) is 20.9. The van der Waals surface area contributed by atoms with E-state index in [4.69, 9.17) is 4.74 Å². The molecule has 0 aromatic heterocycles. The van der Waals surface area contributed by atoms with Crippen LogP contribution in [0.5, 0.6) is 5.75 Å². The fourth-order valence-electron chi connectivity index (χ4n) is 5.98. The van der Waals surface area contributed by atoms with E-state index in [0.717, 1.165) is 29.6 Å². The maximum absolute atomic E-state index is 15.0. The van der Waals surface area contributed by atoms with Gasteiger partial charge in [0, 0.05) is 6.07 Å². The number of benzene rings is 1. The van der Waals surface area contributed by atoms with Crippen LogP contribution in [0.4, 0.5) is 4.39 Å². The molecule has 1 nitrogen and oxygen atoms in total. The van der Waals surface area contributed by atoms with Crippen LogP contribution in [-0.2, 0) is 0 Å². The van der Waals surface area contributed by atoms with Crippen molar-refractivity contribution < 1.29 is 9.13 Å². The van der Waals surface area contributed by atoms with Crippen LogP contribution in [0.15, 0.2) is 24.3 Å². The topological polar surface area (TPSA) is 9.23 Å². The Bertz CT molecular complexity index is 713. The summed E-state index contributed by atoms with van der Waals surface area (Å²) in [6, 6.07) is 3.87. The summed E-state index contributed by atoms with van der Waals surface area (Å²) in [5.41, 5.74) is 3.62. The largest absolute Gasteiger partial charge is 0.493 e. The molecular weight excluding hydrogens is 359 g/mol. The molecule has 1 aromatic rings. The number of hydrogen-bond donors (Lipinski definition) is 0. The standard InChI is InChI=1S/C27H39FO/c1-18-13-19(2)15-21(14-18)7-6-12-29-27-17-26(28)24(16-25(27)23-10-11-23)20(3)22-8-4-5-9-22/h16-17,19-23H,1,4-15H2,2-3H3. The summed E-state index contributed by atoms with van der Waals surface area (Å²) < 4.78 is 21.2. The molecule has 0 radical (unpaired) electrons. The Morgan fingerprint density at radius 2 is 1.90 bits per heavy atom. The molecule has 160 valence electrons. The van der Waals surface area contributed by atoms with Crippen molar-refractivity contribution in [2.24, 2.45) is 17.8 Å². The fourth-order valence-corrected chi connectivity index (χ4v) is 5.98. The molecule has 0 spiro atoms. The SMILES string of the molecule is C=C1CC(C)CC(CCCOc2cc(F)c(C(C)C3CCCC3)cc2C2CC2)C1. The number of allylic oxidation sites excluding steroid dienone is 1. The summed E-state index contributed by atoms with van der Waals surface area (Å²) in [4.78, 5) is 0. The van der Waals surface area contributed by atoms with Crippen molar-refractivity contribution >= 4 is 0 Å². The summed E-state index contributed by atoms with van der Waals surface area (Å²) in [6.07, 6.45) is 13.5. The van der Waals surface area contributed by atoms with E-state index in [1.54, 1.807) is 6.07 Å². The number of halogens is 1. The number of rotatable bonds is 8. The van der Waals surface area contributed by atoms with E-state index in [1.807, 2.05) is 0 Å². The normalized spacial score (nSPS) is 26.7. The Balaban J connectivity index is 1.37. The van der Waals surface area contributed by atoms with Crippen molar-refractivity contribution in [1.82, 2.24) is 0 Å². The van der Waals surface area contributed by atoms with E-state index in [1.165, 1.54) is 75.3 Å². The Morgan fingerprint density at radius 1 is 1.14 bits per heavy atom. The van der Waals surface area contributed by atoms with Gasteiger partial charge in [-0.25, -0.2) is 4.39 Å². The van der Waals surface area contributed by atoms with Gasteiger partial charge in [0.15, 0.2) is 0 Å². The van der Waals surface area contributed by atoms with Crippen molar-refractivity contribution in [2.45, 2.75) is 96.3 Å². The molecule has 2 heteroatoms. The monoisotopic (exact) mass is 398 g/mol. The molecule has 29 heavy (non-hydrogen) atoms. The first-order valence-corrected chi connectivity index (χ1v) is 12.1. The lowest BCUT2D eigenvalue weighted by molar-refractivity contribution is 0.262. The second kappa shape index (κ2) is 9.23. The highest BCUT2D eigenvalue weighted by molar-refractivity contribution is 5.44. The fraction of sp³-hybridized carbons (Fsp3) is 0.704. The molecule has 0 saturated heterocycles. The van der Waals surface area contributed by atoms with Crippen molar-refractivity contribution in [1.29, 1.82) is 0 Å². The summed E-state index contributed by atoms with van der Waals surface area (Å²) in [7, 11) is 0. The predicted octanol–water partition coefficient (Wildman–Crippen LogP) is 8.15. The van der Waals surface area contributed by atoms with Gasteiger partial charge in [0.2, 0.25) is 0 Å². The number of hydrogen-bond acceptors (Lipinski definition) is 1. The van der Waals surface area contributed by atoms with Gasteiger partial charge in [-0.2, -0.15) is 0 Å². The molecule has 3 aliphatic carbocycles. The van der Waals surface area contributed by atoms with Crippen LogP contribution < -0.4 is 4.74 Å². The van der Waals surface area contributed by atoms with Crippen LogP contribution in [0.2, 0.25) is 0 Å². The molecule has 3 unspecified atom stereocenters. The van der Waals surface area contributed by atoms with E-state index in [2.05, 4.69) is 26.5 Å².